The molecule has 0 spiro atoms. The minimum atomic E-state index is -0.695. The summed E-state index contributed by atoms with van der Waals surface area (Å²) in [6.07, 6.45) is 0.528. The fourth-order valence-electron chi connectivity index (χ4n) is 1.58. The lowest BCUT2D eigenvalue weighted by Crippen LogP contribution is -2.20. The Morgan fingerprint density at radius 1 is 1.24 bits per heavy atom. The standard InChI is InChI=1S/C15H11ClFNO3/c16-11-2-4-12(5-3-11)18-15(20)9-21-14-6-1-10(8-19)7-13(14)17/h1-8H,9H2,(H,18,20). The average Bonchev–Trinajstić information content (AvgIpc) is 2.48. The summed E-state index contributed by atoms with van der Waals surface area (Å²) >= 11 is 5.73. The van der Waals surface area contributed by atoms with Crippen LogP contribution in [0.2, 0.25) is 5.02 Å². The number of rotatable bonds is 5. The van der Waals surface area contributed by atoms with Crippen LogP contribution < -0.4 is 10.1 Å². The lowest BCUT2D eigenvalue weighted by atomic mass is 10.2. The third kappa shape index (κ3) is 4.29. The van der Waals surface area contributed by atoms with Crippen LogP contribution in [-0.2, 0) is 4.79 Å². The maximum Gasteiger partial charge on any atom is 0.262 e. The first kappa shape index (κ1) is 15.0. The van der Waals surface area contributed by atoms with Crippen molar-refractivity contribution in [2.45, 2.75) is 0 Å². The molecular weight excluding hydrogens is 297 g/mol. The molecule has 0 saturated carbocycles. The van der Waals surface area contributed by atoms with E-state index in [0.29, 0.717) is 17.0 Å². The predicted molar refractivity (Wildman–Crippen MR) is 77.4 cm³/mol. The minimum Gasteiger partial charge on any atom is -0.481 e. The van der Waals surface area contributed by atoms with E-state index < -0.39 is 11.7 Å². The molecule has 21 heavy (non-hydrogen) atoms. The summed E-state index contributed by atoms with van der Waals surface area (Å²) < 4.78 is 18.6. The maximum absolute atomic E-state index is 13.5. The highest BCUT2D eigenvalue weighted by atomic mass is 35.5. The summed E-state index contributed by atoms with van der Waals surface area (Å²) in [4.78, 5) is 22.1. The van der Waals surface area contributed by atoms with Crippen LogP contribution >= 0.6 is 11.6 Å². The lowest BCUT2D eigenvalue weighted by molar-refractivity contribution is -0.118. The second-order valence-corrected chi connectivity index (χ2v) is 4.59. The van der Waals surface area contributed by atoms with Crippen LogP contribution in [0.4, 0.5) is 10.1 Å². The first-order chi connectivity index (χ1) is 10.1. The third-order valence-electron chi connectivity index (χ3n) is 2.58. The van der Waals surface area contributed by atoms with Gasteiger partial charge in [-0.05, 0) is 42.5 Å². The molecule has 0 heterocycles. The fourth-order valence-corrected chi connectivity index (χ4v) is 1.71. The quantitative estimate of drug-likeness (QED) is 0.862. The summed E-state index contributed by atoms with van der Waals surface area (Å²) in [7, 11) is 0. The van der Waals surface area contributed by atoms with Crippen molar-refractivity contribution in [2.75, 3.05) is 11.9 Å². The lowest BCUT2D eigenvalue weighted by Gasteiger charge is -2.08. The van der Waals surface area contributed by atoms with Gasteiger partial charge in [0.05, 0.1) is 0 Å². The summed E-state index contributed by atoms with van der Waals surface area (Å²) in [5.41, 5.74) is 0.759. The van der Waals surface area contributed by atoms with Crippen LogP contribution in [0.3, 0.4) is 0 Å². The Bertz CT molecular complexity index is 658. The first-order valence-electron chi connectivity index (χ1n) is 6.01. The van der Waals surface area contributed by atoms with Crippen LogP contribution in [0.1, 0.15) is 10.4 Å². The number of ether oxygens (including phenoxy) is 1. The van der Waals surface area contributed by atoms with Gasteiger partial charge in [-0.3, -0.25) is 9.59 Å². The smallest absolute Gasteiger partial charge is 0.262 e. The van der Waals surface area contributed by atoms with Crippen molar-refractivity contribution in [2.24, 2.45) is 0 Å². The van der Waals surface area contributed by atoms with Crippen LogP contribution in [0.5, 0.6) is 5.75 Å². The van der Waals surface area contributed by atoms with Gasteiger partial charge in [0.25, 0.3) is 5.91 Å². The zero-order valence-corrected chi connectivity index (χ0v) is 11.6. The summed E-state index contributed by atoms with van der Waals surface area (Å²) in [6, 6.07) is 10.3. The Kier molecular flexibility index (Phi) is 4.90. The van der Waals surface area contributed by atoms with E-state index in [1.165, 1.54) is 12.1 Å². The molecule has 0 saturated heterocycles. The largest absolute Gasteiger partial charge is 0.481 e. The van der Waals surface area contributed by atoms with Gasteiger partial charge in [-0.15, -0.1) is 0 Å². The highest BCUT2D eigenvalue weighted by Gasteiger charge is 2.08. The zero-order chi connectivity index (χ0) is 15.2. The Labute approximate surface area is 125 Å². The molecule has 0 aliphatic heterocycles. The van der Waals surface area contributed by atoms with Crippen LogP contribution in [0, 0.1) is 5.82 Å². The van der Waals surface area contributed by atoms with Gasteiger partial charge < -0.3 is 10.1 Å². The zero-order valence-electron chi connectivity index (χ0n) is 10.8. The molecule has 0 bridgehead atoms. The molecule has 2 aromatic carbocycles. The van der Waals surface area contributed by atoms with Crippen molar-refractivity contribution in [3.63, 3.8) is 0 Å². The molecule has 2 rings (SSSR count). The number of benzene rings is 2. The number of halogens is 2. The molecule has 0 fully saturated rings. The molecule has 0 unspecified atom stereocenters. The molecule has 108 valence electrons. The molecule has 6 heteroatoms. The van der Waals surface area contributed by atoms with E-state index in [9.17, 15) is 14.0 Å². The van der Waals surface area contributed by atoms with Gasteiger partial charge >= 0.3 is 0 Å². The highest BCUT2D eigenvalue weighted by molar-refractivity contribution is 6.30. The van der Waals surface area contributed by atoms with Gasteiger partial charge in [0.15, 0.2) is 18.2 Å². The van der Waals surface area contributed by atoms with E-state index >= 15 is 0 Å². The van der Waals surface area contributed by atoms with Crippen LogP contribution in [-0.4, -0.2) is 18.8 Å². The van der Waals surface area contributed by atoms with E-state index in [1.54, 1.807) is 24.3 Å². The Morgan fingerprint density at radius 3 is 2.57 bits per heavy atom. The number of hydrogen-bond donors (Lipinski definition) is 1. The molecule has 4 nitrogen and oxygen atoms in total. The van der Waals surface area contributed by atoms with E-state index in [-0.39, 0.29) is 17.9 Å². The number of anilines is 1. The van der Waals surface area contributed by atoms with Gasteiger partial charge in [-0.2, -0.15) is 0 Å². The number of aldehydes is 1. The minimum absolute atomic E-state index is 0.0909. The second-order valence-electron chi connectivity index (χ2n) is 4.15. The predicted octanol–water partition coefficient (Wildman–Crippen LogP) is 3.31. The summed E-state index contributed by atoms with van der Waals surface area (Å²) in [5.74, 6) is -1.22. The number of hydrogen-bond acceptors (Lipinski definition) is 3. The topological polar surface area (TPSA) is 55.4 Å². The van der Waals surface area contributed by atoms with E-state index in [0.717, 1.165) is 6.07 Å². The second kappa shape index (κ2) is 6.85. The molecule has 0 radical (unpaired) electrons. The Morgan fingerprint density at radius 2 is 1.95 bits per heavy atom. The fraction of sp³-hybridized carbons (Fsp3) is 0.0667. The SMILES string of the molecule is O=Cc1ccc(OCC(=O)Nc2ccc(Cl)cc2)c(F)c1. The van der Waals surface area contributed by atoms with E-state index in [1.807, 2.05) is 0 Å². The number of nitrogens with one attached hydrogen (secondary N) is 1. The first-order valence-corrected chi connectivity index (χ1v) is 6.39. The van der Waals surface area contributed by atoms with Crippen LogP contribution in [0.25, 0.3) is 0 Å². The monoisotopic (exact) mass is 307 g/mol. The van der Waals surface area contributed by atoms with Gasteiger partial charge in [0, 0.05) is 16.3 Å². The van der Waals surface area contributed by atoms with Crippen molar-refractivity contribution in [1.29, 1.82) is 0 Å². The van der Waals surface area contributed by atoms with Crippen molar-refractivity contribution in [3.8, 4) is 5.75 Å². The highest BCUT2D eigenvalue weighted by Crippen LogP contribution is 2.18. The molecule has 0 aromatic heterocycles. The number of carbonyl (C=O) groups excluding carboxylic acids is 2. The van der Waals surface area contributed by atoms with Crippen LogP contribution in [0.15, 0.2) is 42.5 Å². The van der Waals surface area contributed by atoms with E-state index in [2.05, 4.69) is 5.32 Å². The Hall–Kier alpha value is -2.40. The van der Waals surface area contributed by atoms with Gasteiger partial charge in [0.1, 0.15) is 6.29 Å². The average molecular weight is 308 g/mol. The molecule has 1 N–H and O–H groups in total. The van der Waals surface area contributed by atoms with Crippen molar-refractivity contribution in [1.82, 2.24) is 0 Å². The van der Waals surface area contributed by atoms with Gasteiger partial charge in [-0.25, -0.2) is 4.39 Å². The Balaban J connectivity index is 1.92. The van der Waals surface area contributed by atoms with Crippen molar-refractivity contribution >= 4 is 29.5 Å². The maximum atomic E-state index is 13.5. The van der Waals surface area contributed by atoms with Gasteiger partial charge in [0.2, 0.25) is 0 Å². The summed E-state index contributed by atoms with van der Waals surface area (Å²) in [5, 5.41) is 3.14. The molecule has 2 aromatic rings. The molecule has 0 atom stereocenters. The normalized spacial score (nSPS) is 10.0. The number of carbonyl (C=O) groups is 2. The van der Waals surface area contributed by atoms with E-state index in [4.69, 9.17) is 16.3 Å². The van der Waals surface area contributed by atoms with Crippen molar-refractivity contribution < 1.29 is 18.7 Å². The van der Waals surface area contributed by atoms with Crippen molar-refractivity contribution in [3.05, 3.63) is 58.9 Å². The van der Waals surface area contributed by atoms with Gasteiger partial charge in [-0.1, -0.05) is 11.6 Å². The summed E-state index contributed by atoms with van der Waals surface area (Å²) in [6.45, 7) is -0.347. The molecule has 0 aliphatic carbocycles. The third-order valence-corrected chi connectivity index (χ3v) is 2.83. The molecule has 1 amide bonds. The molecular formula is C15H11ClFNO3. The number of amides is 1. The molecule has 0 aliphatic rings.